The van der Waals surface area contributed by atoms with Gasteiger partial charge in [-0.25, -0.2) is 4.57 Å². The lowest BCUT2D eigenvalue weighted by Crippen LogP contribution is -2.30. The van der Waals surface area contributed by atoms with Gasteiger partial charge >= 0.3 is 0 Å². The molecule has 0 radical (unpaired) electrons. The largest absolute Gasteiger partial charge is 0.455 e. The number of hydrogen-bond acceptors (Lipinski definition) is 2. The fraction of sp³-hybridized carbons (Fsp3) is 0.143. The van der Waals surface area contributed by atoms with Crippen molar-refractivity contribution in [3.05, 3.63) is 65.4 Å². The Kier molecular flexibility index (Phi) is 3.14. The summed E-state index contributed by atoms with van der Waals surface area (Å²) in [4.78, 5) is 0. The number of furan rings is 1. The molecule has 0 bridgehead atoms. The molecule has 2 heterocycles. The summed E-state index contributed by atoms with van der Waals surface area (Å²) in [5.74, 6) is 0. The topological polar surface area (TPSA) is 40.8 Å². The maximum atomic E-state index is 9.40. The number of aryl methyl sites for hydroxylation is 3. The van der Waals surface area contributed by atoms with Crippen molar-refractivity contribution in [2.24, 2.45) is 7.05 Å². The van der Waals surface area contributed by atoms with Crippen LogP contribution in [-0.2, 0) is 7.05 Å². The van der Waals surface area contributed by atoms with Crippen molar-refractivity contribution in [2.45, 2.75) is 13.8 Å². The Morgan fingerprint density at radius 1 is 1.04 bits per heavy atom. The number of fused-ring (bicyclic) bond motifs is 3. The monoisotopic (exact) mass is 313 g/mol. The van der Waals surface area contributed by atoms with Crippen LogP contribution in [-0.4, -0.2) is 0 Å². The van der Waals surface area contributed by atoms with Crippen LogP contribution in [0.15, 0.2) is 53.1 Å². The molecule has 0 unspecified atom stereocenters. The van der Waals surface area contributed by atoms with Crippen LogP contribution >= 0.6 is 0 Å². The first kappa shape index (κ1) is 14.5. The molecule has 2 aromatic heterocycles. The van der Waals surface area contributed by atoms with Crippen molar-refractivity contribution < 1.29 is 8.98 Å². The Morgan fingerprint density at radius 2 is 1.88 bits per heavy atom. The summed E-state index contributed by atoms with van der Waals surface area (Å²) < 4.78 is 8.12. The number of hydrogen-bond donors (Lipinski definition) is 0. The molecular weight excluding hydrogens is 296 g/mol. The molecule has 116 valence electrons. The molecule has 0 saturated carbocycles. The van der Waals surface area contributed by atoms with E-state index in [2.05, 4.69) is 41.8 Å². The molecule has 0 atom stereocenters. The summed E-state index contributed by atoms with van der Waals surface area (Å²) in [6.07, 6.45) is 2.05. The molecule has 0 aliphatic rings. The molecule has 4 aromatic rings. The van der Waals surface area contributed by atoms with Gasteiger partial charge in [-0.1, -0.05) is 0 Å². The van der Waals surface area contributed by atoms with Crippen LogP contribution < -0.4 is 4.57 Å². The van der Waals surface area contributed by atoms with Crippen LogP contribution in [0.2, 0.25) is 0 Å². The van der Waals surface area contributed by atoms with Crippen molar-refractivity contribution >= 4 is 21.9 Å². The van der Waals surface area contributed by atoms with Crippen LogP contribution in [0.5, 0.6) is 0 Å². The summed E-state index contributed by atoms with van der Waals surface area (Å²) in [6.45, 7) is 4.09. The van der Waals surface area contributed by atoms with Crippen molar-refractivity contribution in [3.63, 3.8) is 0 Å². The third-order valence-electron chi connectivity index (χ3n) is 4.51. The summed E-state index contributed by atoms with van der Waals surface area (Å²) in [5, 5.41) is 11.4. The van der Waals surface area contributed by atoms with Crippen LogP contribution in [0.1, 0.15) is 16.7 Å². The van der Waals surface area contributed by atoms with Crippen LogP contribution in [0.4, 0.5) is 0 Å². The fourth-order valence-electron chi connectivity index (χ4n) is 3.33. The van der Waals surface area contributed by atoms with E-state index in [4.69, 9.17) is 4.42 Å². The number of nitriles is 1. The summed E-state index contributed by atoms with van der Waals surface area (Å²) >= 11 is 0. The van der Waals surface area contributed by atoms with E-state index < -0.39 is 0 Å². The van der Waals surface area contributed by atoms with Gasteiger partial charge in [-0.15, -0.1) is 0 Å². The summed E-state index contributed by atoms with van der Waals surface area (Å²) in [5.41, 5.74) is 6.63. The third-order valence-corrected chi connectivity index (χ3v) is 4.51. The third kappa shape index (κ3) is 2.08. The molecular formula is C21H17N2O+. The first-order valence-corrected chi connectivity index (χ1v) is 7.91. The van der Waals surface area contributed by atoms with Gasteiger partial charge in [-0.2, -0.15) is 5.26 Å². The number of aromatic nitrogens is 1. The van der Waals surface area contributed by atoms with Crippen molar-refractivity contribution in [3.8, 4) is 17.3 Å². The van der Waals surface area contributed by atoms with Gasteiger partial charge < -0.3 is 4.42 Å². The maximum Gasteiger partial charge on any atom is 0.212 e. The average molecular weight is 313 g/mol. The van der Waals surface area contributed by atoms with Gasteiger partial charge in [0, 0.05) is 28.5 Å². The molecule has 24 heavy (non-hydrogen) atoms. The van der Waals surface area contributed by atoms with Crippen LogP contribution in [0.25, 0.3) is 33.2 Å². The quantitative estimate of drug-likeness (QED) is 0.483. The molecule has 0 saturated heterocycles. The minimum atomic E-state index is 0.589. The highest BCUT2D eigenvalue weighted by atomic mass is 16.3. The molecule has 0 N–H and O–H groups in total. The van der Waals surface area contributed by atoms with Gasteiger partial charge in [0.1, 0.15) is 18.7 Å². The second kappa shape index (κ2) is 5.21. The molecule has 2 aromatic carbocycles. The number of benzene rings is 2. The predicted molar refractivity (Wildman–Crippen MR) is 94.5 cm³/mol. The first-order valence-electron chi connectivity index (χ1n) is 7.91. The molecule has 0 spiro atoms. The molecule has 0 fully saturated rings. The van der Waals surface area contributed by atoms with Crippen molar-refractivity contribution in [1.29, 1.82) is 5.26 Å². The molecule has 0 aliphatic heterocycles. The minimum Gasteiger partial charge on any atom is -0.455 e. The SMILES string of the molecule is Cc1cc(C#N)c2oc3cc(C)c(-c4cccc[n+]4C)cc3c2c1. The number of rotatable bonds is 1. The minimum absolute atomic E-state index is 0.589. The maximum absolute atomic E-state index is 9.40. The van der Waals surface area contributed by atoms with E-state index in [0.29, 0.717) is 11.1 Å². The van der Waals surface area contributed by atoms with E-state index in [9.17, 15) is 5.26 Å². The predicted octanol–water partition coefficient (Wildman–Crippen LogP) is 4.57. The van der Waals surface area contributed by atoms with Gasteiger partial charge in [0.2, 0.25) is 5.69 Å². The second-order valence-electron chi connectivity index (χ2n) is 6.26. The van der Waals surface area contributed by atoms with E-state index in [1.54, 1.807) is 0 Å². The van der Waals surface area contributed by atoms with E-state index in [-0.39, 0.29) is 0 Å². The molecule has 4 rings (SSSR count). The molecule has 3 heteroatoms. The summed E-state index contributed by atoms with van der Waals surface area (Å²) in [7, 11) is 2.05. The Labute approximate surface area is 140 Å². The number of pyridine rings is 1. The Morgan fingerprint density at radius 3 is 2.62 bits per heavy atom. The highest BCUT2D eigenvalue weighted by Crippen LogP contribution is 2.35. The van der Waals surface area contributed by atoms with E-state index in [1.807, 2.05) is 38.4 Å². The van der Waals surface area contributed by atoms with E-state index >= 15 is 0 Å². The normalized spacial score (nSPS) is 11.1. The van der Waals surface area contributed by atoms with Crippen LogP contribution in [0.3, 0.4) is 0 Å². The Balaban J connectivity index is 2.11. The van der Waals surface area contributed by atoms with Crippen molar-refractivity contribution in [1.82, 2.24) is 0 Å². The lowest BCUT2D eigenvalue weighted by Gasteiger charge is -2.04. The van der Waals surface area contributed by atoms with E-state index in [1.165, 1.54) is 5.56 Å². The Hall–Kier alpha value is -3.12. The number of nitrogens with zero attached hydrogens (tertiary/aromatic N) is 2. The standard InChI is InChI=1S/C21H17N2O/c1-13-8-15(12-22)21-18(9-13)17-11-16(14(2)10-20(17)24-21)19-6-4-5-7-23(19)3/h4-11H,1-3H3/q+1. The van der Waals surface area contributed by atoms with Gasteiger partial charge in [0.25, 0.3) is 0 Å². The smallest absolute Gasteiger partial charge is 0.212 e. The zero-order chi connectivity index (χ0) is 16.8. The van der Waals surface area contributed by atoms with E-state index in [0.717, 1.165) is 33.2 Å². The molecule has 0 amide bonds. The van der Waals surface area contributed by atoms with Crippen LogP contribution in [0, 0.1) is 25.2 Å². The van der Waals surface area contributed by atoms with Gasteiger partial charge in [0.05, 0.1) is 5.56 Å². The van der Waals surface area contributed by atoms with Crippen molar-refractivity contribution in [2.75, 3.05) is 0 Å². The fourth-order valence-corrected chi connectivity index (χ4v) is 3.33. The lowest BCUT2D eigenvalue weighted by atomic mass is 10.00. The molecule has 0 aliphatic carbocycles. The first-order chi connectivity index (χ1) is 11.6. The highest BCUT2D eigenvalue weighted by molar-refractivity contribution is 6.08. The zero-order valence-electron chi connectivity index (χ0n) is 13.9. The zero-order valence-corrected chi connectivity index (χ0v) is 13.9. The van der Waals surface area contributed by atoms with Gasteiger partial charge in [0.15, 0.2) is 11.8 Å². The average Bonchev–Trinajstić information content (AvgIpc) is 2.91. The second-order valence-corrected chi connectivity index (χ2v) is 6.26. The highest BCUT2D eigenvalue weighted by Gasteiger charge is 2.17. The Bertz CT molecular complexity index is 1150. The van der Waals surface area contributed by atoms with Gasteiger partial charge in [-0.05, 0) is 55.3 Å². The van der Waals surface area contributed by atoms with Gasteiger partial charge in [-0.3, -0.25) is 0 Å². The summed E-state index contributed by atoms with van der Waals surface area (Å²) in [6, 6.07) is 16.6. The molecule has 3 nitrogen and oxygen atoms in total. The lowest BCUT2D eigenvalue weighted by molar-refractivity contribution is -0.660.